The first kappa shape index (κ1) is 17.0. The molecular formula is C18H22N2O3. The molecule has 2 rings (SSSR count). The predicted molar refractivity (Wildman–Crippen MR) is 89.2 cm³/mol. The molecule has 1 atom stereocenters. The van der Waals surface area contributed by atoms with Crippen LogP contribution in [0.4, 0.5) is 0 Å². The molecule has 0 bridgehead atoms. The molecule has 1 aliphatic heterocycles. The van der Waals surface area contributed by atoms with Gasteiger partial charge in [-0.2, -0.15) is 0 Å². The number of aliphatic hydroxyl groups excluding tert-OH is 1. The molecule has 0 aromatic heterocycles. The Hall–Kier alpha value is -2.40. The zero-order valence-corrected chi connectivity index (χ0v) is 13.2. The lowest BCUT2D eigenvalue weighted by atomic mass is 10.2. The first-order valence-electron chi connectivity index (χ1n) is 7.76. The van der Waals surface area contributed by atoms with E-state index >= 15 is 0 Å². The quantitative estimate of drug-likeness (QED) is 0.594. The fourth-order valence-electron chi connectivity index (χ4n) is 2.38. The molecule has 0 fully saturated rings. The van der Waals surface area contributed by atoms with Gasteiger partial charge in [-0.05, 0) is 37.5 Å². The summed E-state index contributed by atoms with van der Waals surface area (Å²) in [6, 6.07) is 9.62. The molecule has 2 N–H and O–H groups in total. The number of hydrogen-bond donors (Lipinski definition) is 2. The summed E-state index contributed by atoms with van der Waals surface area (Å²) in [5.74, 6) is -0.254. The van der Waals surface area contributed by atoms with Gasteiger partial charge in [0.1, 0.15) is 6.23 Å². The van der Waals surface area contributed by atoms with Crippen LogP contribution in [0.5, 0.6) is 0 Å². The van der Waals surface area contributed by atoms with Gasteiger partial charge in [0, 0.05) is 24.7 Å². The molecular weight excluding hydrogens is 292 g/mol. The summed E-state index contributed by atoms with van der Waals surface area (Å²) in [5, 5.41) is 12.5. The lowest BCUT2D eigenvalue weighted by molar-refractivity contribution is -0.131. The van der Waals surface area contributed by atoms with E-state index in [0.29, 0.717) is 18.7 Å². The van der Waals surface area contributed by atoms with Gasteiger partial charge in [-0.25, -0.2) is 0 Å². The normalized spacial score (nSPS) is 17.7. The molecule has 5 nitrogen and oxygen atoms in total. The predicted octanol–water partition coefficient (Wildman–Crippen LogP) is 1.70. The molecule has 23 heavy (non-hydrogen) atoms. The summed E-state index contributed by atoms with van der Waals surface area (Å²) >= 11 is 0. The smallest absolute Gasteiger partial charge is 0.251 e. The second kappa shape index (κ2) is 8.29. The summed E-state index contributed by atoms with van der Waals surface area (Å²) in [5.41, 5.74) is 1.56. The van der Waals surface area contributed by atoms with E-state index in [0.717, 1.165) is 18.4 Å². The highest BCUT2D eigenvalue weighted by atomic mass is 16.3. The third kappa shape index (κ3) is 5.07. The van der Waals surface area contributed by atoms with Crippen molar-refractivity contribution in [2.75, 3.05) is 13.1 Å². The molecule has 1 aliphatic rings. The third-order valence-corrected chi connectivity index (χ3v) is 3.67. The Morgan fingerprint density at radius 1 is 1.30 bits per heavy atom. The minimum absolute atomic E-state index is 0.118. The Bertz CT molecular complexity index is 608. The molecule has 122 valence electrons. The molecule has 1 aromatic rings. The van der Waals surface area contributed by atoms with Gasteiger partial charge >= 0.3 is 0 Å². The van der Waals surface area contributed by atoms with E-state index in [2.05, 4.69) is 5.32 Å². The maximum Gasteiger partial charge on any atom is 0.251 e. The van der Waals surface area contributed by atoms with Crippen molar-refractivity contribution in [2.45, 2.75) is 26.0 Å². The fraction of sp³-hybridized carbons (Fsp3) is 0.333. The summed E-state index contributed by atoms with van der Waals surface area (Å²) < 4.78 is 0. The number of unbranched alkanes of at least 4 members (excludes halogenated alkanes) is 1. The minimum Gasteiger partial charge on any atom is -0.370 e. The number of nitrogens with zero attached hydrogens (tertiary/aromatic N) is 1. The molecule has 0 radical (unpaired) electrons. The van der Waals surface area contributed by atoms with Crippen LogP contribution in [-0.4, -0.2) is 41.1 Å². The average molecular weight is 314 g/mol. The first-order chi connectivity index (χ1) is 11.1. The molecule has 5 heteroatoms. The number of nitrogens with one attached hydrogen (secondary N) is 1. The van der Waals surface area contributed by atoms with Gasteiger partial charge in [-0.15, -0.1) is 0 Å². The number of carbonyl (C=O) groups excluding carboxylic acids is 2. The Morgan fingerprint density at radius 3 is 2.70 bits per heavy atom. The summed E-state index contributed by atoms with van der Waals surface area (Å²) in [6.07, 6.45) is 5.50. The van der Waals surface area contributed by atoms with Crippen molar-refractivity contribution < 1.29 is 14.7 Å². The summed E-state index contributed by atoms with van der Waals surface area (Å²) in [4.78, 5) is 24.8. The Labute approximate surface area is 136 Å². The molecule has 0 saturated heterocycles. The van der Waals surface area contributed by atoms with Crippen LogP contribution in [0, 0.1) is 0 Å². The van der Waals surface area contributed by atoms with Gasteiger partial charge in [0.2, 0.25) is 5.91 Å². The van der Waals surface area contributed by atoms with Gasteiger partial charge < -0.3 is 15.3 Å². The maximum atomic E-state index is 11.7. The van der Waals surface area contributed by atoms with E-state index in [4.69, 9.17) is 0 Å². The second-order valence-electron chi connectivity index (χ2n) is 5.50. The topological polar surface area (TPSA) is 69.6 Å². The molecule has 1 heterocycles. The summed E-state index contributed by atoms with van der Waals surface area (Å²) in [7, 11) is 0. The zero-order valence-electron chi connectivity index (χ0n) is 13.2. The number of benzene rings is 1. The van der Waals surface area contributed by atoms with Crippen LogP contribution in [0.25, 0.3) is 6.08 Å². The number of amides is 2. The number of hydrogen-bond acceptors (Lipinski definition) is 3. The van der Waals surface area contributed by atoms with Crippen LogP contribution in [0.1, 0.15) is 25.3 Å². The first-order valence-corrected chi connectivity index (χ1v) is 7.76. The maximum absolute atomic E-state index is 11.7. The van der Waals surface area contributed by atoms with Crippen molar-refractivity contribution >= 4 is 17.9 Å². The van der Waals surface area contributed by atoms with Crippen LogP contribution >= 0.6 is 0 Å². The van der Waals surface area contributed by atoms with Crippen LogP contribution in [0.3, 0.4) is 0 Å². The van der Waals surface area contributed by atoms with Crippen molar-refractivity contribution in [3.63, 3.8) is 0 Å². The van der Waals surface area contributed by atoms with E-state index in [1.165, 1.54) is 11.0 Å². The van der Waals surface area contributed by atoms with E-state index in [-0.39, 0.29) is 11.8 Å². The van der Waals surface area contributed by atoms with Gasteiger partial charge in [-0.3, -0.25) is 9.59 Å². The van der Waals surface area contributed by atoms with Crippen molar-refractivity contribution in [3.05, 3.63) is 53.6 Å². The van der Waals surface area contributed by atoms with Crippen molar-refractivity contribution in [1.29, 1.82) is 0 Å². The highest BCUT2D eigenvalue weighted by molar-refractivity contribution is 5.95. The Balaban J connectivity index is 1.61. The molecule has 0 saturated carbocycles. The Kier molecular flexibility index (Phi) is 6.11. The van der Waals surface area contributed by atoms with E-state index in [1.54, 1.807) is 19.1 Å². The van der Waals surface area contributed by atoms with Crippen LogP contribution < -0.4 is 5.32 Å². The monoisotopic (exact) mass is 314 g/mol. The SMILES string of the molecule is CC1=C[C@@H](O)N(CCCCNC(=O)/C=C/c2ccccc2)C1=O. The standard InChI is InChI=1S/C18H22N2O3/c1-14-13-17(22)20(18(14)23)12-6-5-11-19-16(21)10-9-15-7-3-2-4-8-15/h2-4,7-10,13,17,22H,5-6,11-12H2,1H3,(H,19,21)/b10-9+/t17-/m1/s1. The van der Waals surface area contributed by atoms with Gasteiger partial charge in [0.05, 0.1) is 0 Å². The lowest BCUT2D eigenvalue weighted by Gasteiger charge is -2.20. The van der Waals surface area contributed by atoms with Gasteiger partial charge in [0.25, 0.3) is 5.91 Å². The van der Waals surface area contributed by atoms with Crippen molar-refractivity contribution in [3.8, 4) is 0 Å². The minimum atomic E-state index is -0.814. The lowest BCUT2D eigenvalue weighted by Crippen LogP contribution is -2.35. The van der Waals surface area contributed by atoms with Crippen LogP contribution in [-0.2, 0) is 9.59 Å². The third-order valence-electron chi connectivity index (χ3n) is 3.67. The van der Waals surface area contributed by atoms with Crippen LogP contribution in [0.2, 0.25) is 0 Å². The average Bonchev–Trinajstić information content (AvgIpc) is 2.79. The Morgan fingerprint density at radius 2 is 2.04 bits per heavy atom. The van der Waals surface area contributed by atoms with E-state index in [1.807, 2.05) is 30.3 Å². The molecule has 0 aliphatic carbocycles. The van der Waals surface area contributed by atoms with Crippen molar-refractivity contribution in [1.82, 2.24) is 10.2 Å². The number of rotatable bonds is 7. The highest BCUT2D eigenvalue weighted by Crippen LogP contribution is 2.16. The molecule has 1 aromatic carbocycles. The molecule has 2 amide bonds. The largest absolute Gasteiger partial charge is 0.370 e. The summed E-state index contributed by atoms with van der Waals surface area (Å²) in [6.45, 7) is 2.73. The molecule has 0 unspecified atom stereocenters. The fourth-order valence-corrected chi connectivity index (χ4v) is 2.38. The van der Waals surface area contributed by atoms with E-state index in [9.17, 15) is 14.7 Å². The van der Waals surface area contributed by atoms with Crippen LogP contribution in [0.15, 0.2) is 48.1 Å². The highest BCUT2D eigenvalue weighted by Gasteiger charge is 2.27. The molecule has 0 spiro atoms. The van der Waals surface area contributed by atoms with Crippen molar-refractivity contribution in [2.24, 2.45) is 0 Å². The number of aliphatic hydroxyl groups is 1. The van der Waals surface area contributed by atoms with Gasteiger partial charge in [-0.1, -0.05) is 30.3 Å². The number of carbonyl (C=O) groups is 2. The zero-order chi connectivity index (χ0) is 16.7. The van der Waals surface area contributed by atoms with Gasteiger partial charge in [0.15, 0.2) is 0 Å². The second-order valence-corrected chi connectivity index (χ2v) is 5.50. The van der Waals surface area contributed by atoms with E-state index < -0.39 is 6.23 Å².